The first-order chi connectivity index (χ1) is 10.3. The Bertz CT molecular complexity index is 591. The molecule has 2 nitrogen and oxygen atoms in total. The predicted molar refractivity (Wildman–Crippen MR) is 87.3 cm³/mol. The molecular weight excluding hydrogens is 285 g/mol. The van der Waals surface area contributed by atoms with Gasteiger partial charge in [-0.3, -0.25) is 0 Å². The maximum atomic E-state index is 13.3. The Morgan fingerprint density at radius 2 is 2.14 bits per heavy atom. The third kappa shape index (κ3) is 3.61. The van der Waals surface area contributed by atoms with Crippen molar-refractivity contribution < 1.29 is 8.81 Å². The molecule has 1 unspecified atom stereocenters. The summed E-state index contributed by atoms with van der Waals surface area (Å²) in [5.74, 6) is 4.04. The van der Waals surface area contributed by atoms with Gasteiger partial charge in [0.15, 0.2) is 0 Å². The van der Waals surface area contributed by atoms with E-state index in [0.29, 0.717) is 0 Å². The molecular formula is C17H22FNOS. The molecule has 0 bridgehead atoms. The third-order valence-electron chi connectivity index (χ3n) is 4.20. The summed E-state index contributed by atoms with van der Waals surface area (Å²) in [6.45, 7) is 3.03. The fourth-order valence-electron chi connectivity index (χ4n) is 3.07. The number of benzene rings is 1. The molecule has 0 spiro atoms. The first kappa shape index (κ1) is 14.9. The Morgan fingerprint density at radius 1 is 1.33 bits per heavy atom. The number of thioether (sulfide) groups is 1. The summed E-state index contributed by atoms with van der Waals surface area (Å²) in [7, 11) is 0. The highest BCUT2D eigenvalue weighted by Crippen LogP contribution is 2.33. The van der Waals surface area contributed by atoms with Gasteiger partial charge in [-0.15, -0.1) is 0 Å². The zero-order chi connectivity index (χ0) is 14.7. The van der Waals surface area contributed by atoms with Gasteiger partial charge in [0.25, 0.3) is 0 Å². The average Bonchev–Trinajstić information content (AvgIpc) is 2.91. The van der Waals surface area contributed by atoms with E-state index in [9.17, 15) is 4.39 Å². The van der Waals surface area contributed by atoms with Crippen molar-refractivity contribution in [1.29, 1.82) is 0 Å². The molecule has 1 aliphatic rings. The van der Waals surface area contributed by atoms with Crippen LogP contribution in [0.4, 0.5) is 4.39 Å². The van der Waals surface area contributed by atoms with E-state index in [1.165, 1.54) is 30.4 Å². The van der Waals surface area contributed by atoms with E-state index in [4.69, 9.17) is 4.42 Å². The SMILES string of the molecule is CCNC(CC1CCSCC1)c1cc2cc(F)ccc2o1. The van der Waals surface area contributed by atoms with E-state index in [0.717, 1.165) is 35.6 Å². The highest BCUT2D eigenvalue weighted by atomic mass is 32.2. The van der Waals surface area contributed by atoms with E-state index < -0.39 is 0 Å². The number of furan rings is 1. The lowest BCUT2D eigenvalue weighted by molar-refractivity contribution is 0.338. The maximum absolute atomic E-state index is 13.3. The summed E-state index contributed by atoms with van der Waals surface area (Å²) in [6, 6.07) is 6.94. The normalized spacial score (nSPS) is 18.2. The molecule has 0 amide bonds. The predicted octanol–water partition coefficient (Wildman–Crippen LogP) is 4.76. The standard InChI is InChI=1S/C17H22FNOS/c1-2-19-15(9-12-5-7-21-8-6-12)17-11-13-10-14(18)3-4-16(13)20-17/h3-4,10-12,15,19H,2,5-9H2,1H3. The van der Waals surface area contributed by atoms with Crippen LogP contribution in [-0.2, 0) is 0 Å². The molecule has 114 valence electrons. The summed E-state index contributed by atoms with van der Waals surface area (Å²) >= 11 is 2.05. The monoisotopic (exact) mass is 307 g/mol. The lowest BCUT2D eigenvalue weighted by Gasteiger charge is -2.25. The Balaban J connectivity index is 1.80. The molecule has 1 aromatic heterocycles. The molecule has 1 N–H and O–H groups in total. The van der Waals surface area contributed by atoms with Crippen molar-refractivity contribution in [3.63, 3.8) is 0 Å². The number of rotatable bonds is 5. The summed E-state index contributed by atoms with van der Waals surface area (Å²) in [5.41, 5.74) is 0.772. The molecule has 1 aliphatic heterocycles. The van der Waals surface area contributed by atoms with Crippen LogP contribution in [0.2, 0.25) is 0 Å². The largest absolute Gasteiger partial charge is 0.459 e. The molecule has 21 heavy (non-hydrogen) atoms. The van der Waals surface area contributed by atoms with Gasteiger partial charge in [-0.05, 0) is 67.5 Å². The van der Waals surface area contributed by atoms with Gasteiger partial charge in [0.2, 0.25) is 0 Å². The maximum Gasteiger partial charge on any atom is 0.134 e. The van der Waals surface area contributed by atoms with Crippen LogP contribution in [0.25, 0.3) is 11.0 Å². The lowest BCUT2D eigenvalue weighted by Crippen LogP contribution is -2.24. The summed E-state index contributed by atoms with van der Waals surface area (Å²) in [4.78, 5) is 0. The van der Waals surface area contributed by atoms with Crippen molar-refractivity contribution in [2.45, 2.75) is 32.2 Å². The number of halogens is 1. The zero-order valence-corrected chi connectivity index (χ0v) is 13.2. The van der Waals surface area contributed by atoms with Crippen LogP contribution in [0.15, 0.2) is 28.7 Å². The van der Waals surface area contributed by atoms with Gasteiger partial charge in [-0.2, -0.15) is 11.8 Å². The molecule has 0 aliphatic carbocycles. The highest BCUT2D eigenvalue weighted by molar-refractivity contribution is 7.99. The van der Waals surface area contributed by atoms with E-state index in [1.54, 1.807) is 12.1 Å². The molecule has 4 heteroatoms. The second-order valence-electron chi connectivity index (χ2n) is 5.73. The van der Waals surface area contributed by atoms with Crippen molar-refractivity contribution in [2.24, 2.45) is 5.92 Å². The number of nitrogens with one attached hydrogen (secondary N) is 1. The number of fused-ring (bicyclic) bond motifs is 1. The van der Waals surface area contributed by atoms with Gasteiger partial charge >= 0.3 is 0 Å². The van der Waals surface area contributed by atoms with Crippen LogP contribution >= 0.6 is 11.8 Å². The van der Waals surface area contributed by atoms with Crippen LogP contribution in [0.3, 0.4) is 0 Å². The minimum absolute atomic E-state index is 0.209. The smallest absolute Gasteiger partial charge is 0.134 e. The van der Waals surface area contributed by atoms with Crippen LogP contribution in [0, 0.1) is 11.7 Å². The van der Waals surface area contributed by atoms with Crippen LogP contribution in [0.5, 0.6) is 0 Å². The number of hydrogen-bond donors (Lipinski definition) is 1. The zero-order valence-electron chi connectivity index (χ0n) is 12.4. The molecule has 0 saturated carbocycles. The van der Waals surface area contributed by atoms with Crippen LogP contribution in [0.1, 0.15) is 38.0 Å². The van der Waals surface area contributed by atoms with Crippen molar-refractivity contribution in [3.8, 4) is 0 Å². The summed E-state index contributed by atoms with van der Waals surface area (Å²) in [6.07, 6.45) is 3.69. The van der Waals surface area contributed by atoms with Crippen LogP contribution < -0.4 is 5.32 Å². The van der Waals surface area contributed by atoms with Crippen molar-refractivity contribution in [3.05, 3.63) is 35.8 Å². The Hall–Kier alpha value is -1.00. The fourth-order valence-corrected chi connectivity index (χ4v) is 4.27. The van der Waals surface area contributed by atoms with Gasteiger partial charge in [-0.1, -0.05) is 6.92 Å². The molecule has 1 aromatic carbocycles. The average molecular weight is 307 g/mol. The molecule has 1 atom stereocenters. The first-order valence-electron chi connectivity index (χ1n) is 7.76. The minimum Gasteiger partial charge on any atom is -0.459 e. The van der Waals surface area contributed by atoms with Crippen LogP contribution in [-0.4, -0.2) is 18.1 Å². The first-order valence-corrected chi connectivity index (χ1v) is 8.92. The lowest BCUT2D eigenvalue weighted by atomic mass is 9.93. The Morgan fingerprint density at radius 3 is 2.90 bits per heavy atom. The van der Waals surface area contributed by atoms with Gasteiger partial charge < -0.3 is 9.73 Å². The third-order valence-corrected chi connectivity index (χ3v) is 5.25. The van der Waals surface area contributed by atoms with Crippen molar-refractivity contribution >= 4 is 22.7 Å². The molecule has 3 rings (SSSR count). The molecule has 0 radical (unpaired) electrons. The minimum atomic E-state index is -0.209. The second-order valence-corrected chi connectivity index (χ2v) is 6.96. The molecule has 2 aromatic rings. The summed E-state index contributed by atoms with van der Waals surface area (Å²) < 4.78 is 19.3. The van der Waals surface area contributed by atoms with E-state index in [2.05, 4.69) is 24.0 Å². The Kier molecular flexibility index (Phi) is 4.86. The van der Waals surface area contributed by atoms with E-state index >= 15 is 0 Å². The van der Waals surface area contributed by atoms with Crippen molar-refractivity contribution in [1.82, 2.24) is 5.32 Å². The highest BCUT2D eigenvalue weighted by Gasteiger charge is 2.22. The summed E-state index contributed by atoms with van der Waals surface area (Å²) in [5, 5.41) is 4.38. The second kappa shape index (κ2) is 6.84. The Labute approximate surface area is 129 Å². The van der Waals surface area contributed by atoms with Gasteiger partial charge in [0.1, 0.15) is 17.2 Å². The van der Waals surface area contributed by atoms with Gasteiger partial charge in [0.05, 0.1) is 6.04 Å². The van der Waals surface area contributed by atoms with E-state index in [1.807, 2.05) is 6.07 Å². The van der Waals surface area contributed by atoms with E-state index in [-0.39, 0.29) is 11.9 Å². The topological polar surface area (TPSA) is 25.2 Å². The fraction of sp³-hybridized carbons (Fsp3) is 0.529. The molecule has 1 saturated heterocycles. The number of hydrogen-bond acceptors (Lipinski definition) is 3. The van der Waals surface area contributed by atoms with Crippen molar-refractivity contribution in [2.75, 3.05) is 18.1 Å². The molecule has 1 fully saturated rings. The molecule has 2 heterocycles. The quantitative estimate of drug-likeness (QED) is 0.862. The van der Waals surface area contributed by atoms with Gasteiger partial charge in [0, 0.05) is 5.39 Å². The van der Waals surface area contributed by atoms with Gasteiger partial charge in [-0.25, -0.2) is 4.39 Å².